The van der Waals surface area contributed by atoms with Crippen LogP contribution in [0.5, 0.6) is 0 Å². The van der Waals surface area contributed by atoms with Gasteiger partial charge in [0.05, 0.1) is 0 Å². The number of carboxylic acids is 1. The summed E-state index contributed by atoms with van der Waals surface area (Å²) >= 11 is 0. The number of hydrogen-bond donors (Lipinski definition) is 1. The van der Waals surface area contributed by atoms with Crippen molar-refractivity contribution in [3.8, 4) is 0 Å². The van der Waals surface area contributed by atoms with Gasteiger partial charge >= 0.3 is 5.97 Å². The van der Waals surface area contributed by atoms with Crippen LogP contribution in [0.2, 0.25) is 0 Å². The molecule has 1 rings (SSSR count). The van der Waals surface area contributed by atoms with Gasteiger partial charge in [-0.05, 0) is 38.3 Å². The van der Waals surface area contributed by atoms with E-state index < -0.39 is 5.97 Å². The fourth-order valence-electron chi connectivity index (χ4n) is 2.16. The zero-order chi connectivity index (χ0) is 13.5. The molecular weight excluding hydrogens is 226 g/mol. The third-order valence-electron chi connectivity index (χ3n) is 3.15. The average Bonchev–Trinajstić information content (AvgIpc) is 2.27. The van der Waals surface area contributed by atoms with Crippen LogP contribution < -0.4 is 4.90 Å². The number of carbonyl (C=O) groups is 1. The average molecular weight is 249 g/mol. The van der Waals surface area contributed by atoms with E-state index in [0.717, 1.165) is 25.8 Å². The Balaban J connectivity index is 2.36. The third-order valence-corrected chi connectivity index (χ3v) is 3.15. The molecule has 0 unspecified atom stereocenters. The summed E-state index contributed by atoms with van der Waals surface area (Å²) in [6.45, 7) is 5.20. The largest absolute Gasteiger partial charge is 0.481 e. The Morgan fingerprint density at radius 3 is 2.56 bits per heavy atom. The summed E-state index contributed by atoms with van der Waals surface area (Å²) < 4.78 is 0. The van der Waals surface area contributed by atoms with E-state index in [9.17, 15) is 4.79 Å². The van der Waals surface area contributed by atoms with E-state index in [2.05, 4.69) is 44.0 Å². The highest BCUT2D eigenvalue weighted by molar-refractivity contribution is 5.66. The topological polar surface area (TPSA) is 40.5 Å². The molecule has 0 atom stereocenters. The molecule has 1 N–H and O–H groups in total. The number of anilines is 1. The number of hydrogen-bond acceptors (Lipinski definition) is 2. The molecule has 0 saturated heterocycles. The van der Waals surface area contributed by atoms with Gasteiger partial charge in [-0.3, -0.25) is 4.79 Å². The predicted octanol–water partition coefficient (Wildman–Crippen LogP) is 3.38. The smallest absolute Gasteiger partial charge is 0.303 e. The number of benzene rings is 1. The van der Waals surface area contributed by atoms with Gasteiger partial charge < -0.3 is 10.0 Å². The Hall–Kier alpha value is -1.51. The fourth-order valence-corrected chi connectivity index (χ4v) is 2.16. The number of rotatable bonds is 7. The summed E-state index contributed by atoms with van der Waals surface area (Å²) in [4.78, 5) is 12.6. The van der Waals surface area contributed by atoms with Crippen molar-refractivity contribution in [3.05, 3.63) is 29.3 Å². The van der Waals surface area contributed by atoms with Gasteiger partial charge in [-0.1, -0.05) is 24.1 Å². The highest BCUT2D eigenvalue weighted by Crippen LogP contribution is 2.20. The molecule has 1 aromatic rings. The van der Waals surface area contributed by atoms with Crippen LogP contribution in [0.4, 0.5) is 5.69 Å². The Bertz CT molecular complexity index is 401. The summed E-state index contributed by atoms with van der Waals surface area (Å²) in [5, 5.41) is 8.55. The fraction of sp³-hybridized carbons (Fsp3) is 0.533. The van der Waals surface area contributed by atoms with Crippen molar-refractivity contribution in [3.63, 3.8) is 0 Å². The van der Waals surface area contributed by atoms with Gasteiger partial charge in [0.25, 0.3) is 0 Å². The van der Waals surface area contributed by atoms with Crippen LogP contribution in [-0.4, -0.2) is 24.7 Å². The maximum Gasteiger partial charge on any atom is 0.303 e. The van der Waals surface area contributed by atoms with Crippen molar-refractivity contribution in [2.24, 2.45) is 0 Å². The van der Waals surface area contributed by atoms with Crippen molar-refractivity contribution in [2.75, 3.05) is 18.5 Å². The molecule has 0 aliphatic carbocycles. The SMILES string of the molecule is Cc1ccc(N(C)CCCCCC(=O)O)c(C)c1. The quantitative estimate of drug-likeness (QED) is 0.753. The highest BCUT2D eigenvalue weighted by Gasteiger charge is 2.04. The van der Waals surface area contributed by atoms with Crippen LogP contribution in [0.1, 0.15) is 36.8 Å². The number of aliphatic carboxylic acids is 1. The van der Waals surface area contributed by atoms with Crippen molar-refractivity contribution in [1.29, 1.82) is 0 Å². The molecular formula is C15H23NO2. The molecule has 3 heteroatoms. The van der Waals surface area contributed by atoms with Crippen LogP contribution in [0, 0.1) is 13.8 Å². The zero-order valence-electron chi connectivity index (χ0n) is 11.6. The molecule has 0 bridgehead atoms. The molecule has 0 aliphatic rings. The third kappa shape index (κ3) is 4.78. The Kier molecular flexibility index (Phi) is 5.69. The van der Waals surface area contributed by atoms with Gasteiger partial charge in [0.2, 0.25) is 0 Å². The monoisotopic (exact) mass is 249 g/mol. The van der Waals surface area contributed by atoms with Crippen LogP contribution >= 0.6 is 0 Å². The minimum Gasteiger partial charge on any atom is -0.481 e. The molecule has 0 spiro atoms. The lowest BCUT2D eigenvalue weighted by molar-refractivity contribution is -0.137. The molecule has 0 aromatic heterocycles. The lowest BCUT2D eigenvalue weighted by Gasteiger charge is -2.21. The molecule has 0 saturated carbocycles. The Labute approximate surface area is 109 Å². The molecule has 0 aliphatic heterocycles. The lowest BCUT2D eigenvalue weighted by atomic mass is 10.1. The number of unbranched alkanes of at least 4 members (excludes halogenated alkanes) is 2. The van der Waals surface area contributed by atoms with Gasteiger partial charge in [-0.15, -0.1) is 0 Å². The second-order valence-corrected chi connectivity index (χ2v) is 4.92. The van der Waals surface area contributed by atoms with Crippen LogP contribution in [0.25, 0.3) is 0 Å². The highest BCUT2D eigenvalue weighted by atomic mass is 16.4. The standard InChI is InChI=1S/C15H23NO2/c1-12-8-9-14(13(2)11-12)16(3)10-6-4-5-7-15(17)18/h8-9,11H,4-7,10H2,1-3H3,(H,17,18). The molecule has 0 fully saturated rings. The van der Waals surface area contributed by atoms with Gasteiger partial charge in [0, 0.05) is 25.7 Å². The molecule has 3 nitrogen and oxygen atoms in total. The second kappa shape index (κ2) is 7.04. The van der Waals surface area contributed by atoms with Gasteiger partial charge in [-0.25, -0.2) is 0 Å². The minimum atomic E-state index is -0.697. The Morgan fingerprint density at radius 2 is 1.94 bits per heavy atom. The molecule has 0 radical (unpaired) electrons. The van der Waals surface area contributed by atoms with Crippen molar-refractivity contribution < 1.29 is 9.90 Å². The second-order valence-electron chi connectivity index (χ2n) is 4.92. The number of aryl methyl sites for hydroxylation is 2. The summed E-state index contributed by atoms with van der Waals surface area (Å²) in [7, 11) is 2.09. The van der Waals surface area contributed by atoms with Crippen LogP contribution in [0.3, 0.4) is 0 Å². The molecule has 1 aromatic carbocycles. The minimum absolute atomic E-state index is 0.285. The summed E-state index contributed by atoms with van der Waals surface area (Å²) in [5.74, 6) is -0.697. The maximum atomic E-state index is 10.4. The van der Waals surface area contributed by atoms with E-state index in [4.69, 9.17) is 5.11 Å². The first-order chi connectivity index (χ1) is 8.50. The molecule has 18 heavy (non-hydrogen) atoms. The molecule has 0 heterocycles. The normalized spacial score (nSPS) is 10.4. The van der Waals surface area contributed by atoms with Gasteiger partial charge in [-0.2, -0.15) is 0 Å². The first kappa shape index (κ1) is 14.6. The van der Waals surface area contributed by atoms with E-state index >= 15 is 0 Å². The molecule has 100 valence electrons. The lowest BCUT2D eigenvalue weighted by Crippen LogP contribution is -2.19. The van der Waals surface area contributed by atoms with Crippen molar-refractivity contribution in [2.45, 2.75) is 39.5 Å². The maximum absolute atomic E-state index is 10.4. The number of nitrogens with zero attached hydrogens (tertiary/aromatic N) is 1. The first-order valence-corrected chi connectivity index (χ1v) is 6.51. The Morgan fingerprint density at radius 1 is 1.22 bits per heavy atom. The van der Waals surface area contributed by atoms with E-state index in [1.54, 1.807) is 0 Å². The predicted molar refractivity (Wildman–Crippen MR) is 75.3 cm³/mol. The summed E-state index contributed by atoms with van der Waals surface area (Å²) in [6, 6.07) is 6.47. The van der Waals surface area contributed by atoms with E-state index in [0.29, 0.717) is 0 Å². The van der Waals surface area contributed by atoms with Crippen molar-refractivity contribution >= 4 is 11.7 Å². The zero-order valence-corrected chi connectivity index (χ0v) is 11.6. The van der Waals surface area contributed by atoms with Gasteiger partial charge in [0.1, 0.15) is 0 Å². The van der Waals surface area contributed by atoms with E-state index in [-0.39, 0.29) is 6.42 Å². The van der Waals surface area contributed by atoms with Gasteiger partial charge in [0.15, 0.2) is 0 Å². The summed E-state index contributed by atoms with van der Waals surface area (Å²) in [5.41, 5.74) is 3.84. The number of carboxylic acid groups (broad SMARTS) is 1. The summed E-state index contributed by atoms with van der Waals surface area (Å²) in [6.07, 6.45) is 3.07. The first-order valence-electron chi connectivity index (χ1n) is 6.51. The van der Waals surface area contributed by atoms with Crippen LogP contribution in [-0.2, 0) is 4.79 Å². The van der Waals surface area contributed by atoms with Crippen LogP contribution in [0.15, 0.2) is 18.2 Å². The van der Waals surface area contributed by atoms with E-state index in [1.807, 2.05) is 0 Å². The van der Waals surface area contributed by atoms with Crippen molar-refractivity contribution in [1.82, 2.24) is 0 Å². The molecule has 0 amide bonds. The van der Waals surface area contributed by atoms with E-state index in [1.165, 1.54) is 16.8 Å².